The third kappa shape index (κ3) is 2.85. The molecule has 0 aromatic heterocycles. The van der Waals surface area contributed by atoms with E-state index in [2.05, 4.69) is 0 Å². The van der Waals surface area contributed by atoms with Crippen molar-refractivity contribution in [3.8, 4) is 0 Å². The van der Waals surface area contributed by atoms with Gasteiger partial charge in [-0.05, 0) is 0 Å². The van der Waals surface area contributed by atoms with Gasteiger partial charge in [-0.15, -0.1) is 9.80 Å². The molecule has 38 heavy (non-hydrogen) atoms. The van der Waals surface area contributed by atoms with Gasteiger partial charge in [0.05, 0.1) is 0 Å². The van der Waals surface area contributed by atoms with Crippen LogP contribution in [0.5, 0.6) is 0 Å². The van der Waals surface area contributed by atoms with Crippen molar-refractivity contribution in [2.75, 3.05) is 0 Å². The Hall–Kier alpha value is -1.76. The Morgan fingerprint density at radius 3 is 0.553 bits per heavy atom. The Bertz CT molecular complexity index is 847. The normalized spacial score (nSPS) is 30.0. The van der Waals surface area contributed by atoms with E-state index in [9.17, 15) is 105 Å². The molecule has 0 aliphatic carbocycles. The fraction of sp³-hybridized carbons (Fsp3) is 1.00. The van der Waals surface area contributed by atoms with Gasteiger partial charge in [-0.2, -0.15) is 105 Å². The number of likely N-dealkylation sites (tertiary alicyclic amines) is 2. The highest BCUT2D eigenvalue weighted by Crippen LogP contribution is 2.71. The van der Waals surface area contributed by atoms with Crippen molar-refractivity contribution in [1.29, 1.82) is 0 Å². The lowest BCUT2D eigenvalue weighted by Crippen LogP contribution is -2.76. The van der Waals surface area contributed by atoms with Gasteiger partial charge >= 0.3 is 71.8 Å². The first-order valence-electron chi connectivity index (χ1n) is 8.13. The molecule has 2 aliphatic heterocycles. The van der Waals surface area contributed by atoms with Gasteiger partial charge in [0.2, 0.25) is 0 Å². The topological polar surface area (TPSA) is 6.48 Å². The minimum atomic E-state index is -9.23. The molecular formula is C12F24N2. The van der Waals surface area contributed by atoms with E-state index >= 15 is 0 Å². The van der Waals surface area contributed by atoms with E-state index in [0.29, 0.717) is 0 Å². The van der Waals surface area contributed by atoms with Gasteiger partial charge < -0.3 is 0 Å². The molecule has 0 bridgehead atoms. The Labute approximate surface area is 188 Å². The van der Waals surface area contributed by atoms with E-state index in [-0.39, 0.29) is 0 Å². The summed E-state index contributed by atoms with van der Waals surface area (Å²) < 4.78 is 321. The Kier molecular flexibility index (Phi) is 6.07. The summed E-state index contributed by atoms with van der Waals surface area (Å²) in [4.78, 5) is -9.58. The lowest BCUT2D eigenvalue weighted by molar-refractivity contribution is -0.483. The van der Waals surface area contributed by atoms with Gasteiger partial charge in [0.25, 0.3) is 0 Å². The van der Waals surface area contributed by atoms with E-state index in [0.717, 1.165) is 0 Å². The van der Waals surface area contributed by atoms with Crippen molar-refractivity contribution >= 4 is 0 Å². The third-order valence-corrected chi connectivity index (χ3v) is 5.13. The highest BCUT2D eigenvalue weighted by atomic mass is 19.4. The Morgan fingerprint density at radius 2 is 0.421 bits per heavy atom. The molecule has 2 fully saturated rings. The molecule has 0 spiro atoms. The fourth-order valence-corrected chi connectivity index (χ4v) is 3.03. The minimum absolute atomic E-state index is 4.79. The van der Waals surface area contributed by atoms with Crippen LogP contribution < -0.4 is 0 Å². The van der Waals surface area contributed by atoms with Gasteiger partial charge in [-0.1, -0.05) is 0 Å². The lowest BCUT2D eigenvalue weighted by atomic mass is 10.0. The molecule has 0 aromatic rings. The molecule has 0 atom stereocenters. The first kappa shape index (κ1) is 32.5. The van der Waals surface area contributed by atoms with E-state index < -0.39 is 81.6 Å². The zero-order chi connectivity index (χ0) is 31.2. The predicted octanol–water partition coefficient (Wildman–Crippen LogP) is 6.99. The van der Waals surface area contributed by atoms with E-state index in [1.54, 1.807) is 0 Å². The number of nitrogens with zero attached hydrogens (tertiary/aromatic N) is 2. The molecular weight excluding hydrogens is 628 g/mol. The molecule has 2 rings (SSSR count). The second-order valence-electron chi connectivity index (χ2n) is 7.36. The van der Waals surface area contributed by atoms with Crippen LogP contribution >= 0.6 is 0 Å². The number of halogens is 24. The highest BCUT2D eigenvalue weighted by Gasteiger charge is 3.02. The van der Waals surface area contributed by atoms with Crippen molar-refractivity contribution < 1.29 is 105 Å². The lowest BCUT2D eigenvalue weighted by Gasteiger charge is -2.45. The van der Waals surface area contributed by atoms with Crippen LogP contribution in [0, 0.1) is 0 Å². The van der Waals surface area contributed by atoms with E-state index in [1.807, 2.05) is 0 Å². The summed E-state index contributed by atoms with van der Waals surface area (Å²) >= 11 is 0. The van der Waals surface area contributed by atoms with Crippen molar-refractivity contribution in [1.82, 2.24) is 9.80 Å². The highest BCUT2D eigenvalue weighted by molar-refractivity contribution is 5.20. The first-order valence-corrected chi connectivity index (χ1v) is 8.13. The Balaban J connectivity index is 2.84. The fourth-order valence-electron chi connectivity index (χ4n) is 3.03. The van der Waals surface area contributed by atoms with Crippen LogP contribution in [-0.2, 0) is 0 Å². The van der Waals surface area contributed by atoms with E-state index in [1.165, 1.54) is 0 Å². The van der Waals surface area contributed by atoms with Crippen LogP contribution in [0.3, 0.4) is 0 Å². The van der Waals surface area contributed by atoms with Crippen LogP contribution in [0.1, 0.15) is 0 Å². The maximum absolute atomic E-state index is 13.8. The second kappa shape index (κ2) is 7.11. The summed E-state index contributed by atoms with van der Waals surface area (Å²) in [5, 5.41) is 0. The number of alkyl halides is 24. The SMILES string of the molecule is FC1(F)N(C(F)(F)C(F)(F)C(F)(F)C(F)(F)N2C(F)(F)C(F)(F)C(F)(F)C2(F)F)C(F)(F)C(F)(F)C1(F)F. The first-order chi connectivity index (χ1) is 16.0. The minimum Gasteiger partial charge on any atom is -0.191 e. The molecule has 0 aromatic carbocycles. The standard InChI is InChI=1S/C12F24N2/c13-1(14)2(15,16)8(27,28)37(7(1,25)26)11(33,34)5(21,22)6(23,24)12(35,36)38-9(29,30)3(17,18)4(19,20)10(38,31)32. The van der Waals surface area contributed by atoms with E-state index in [4.69, 9.17) is 0 Å². The summed E-state index contributed by atoms with van der Waals surface area (Å²) in [6.07, 6.45) is 0. The quantitative estimate of drug-likeness (QED) is 0.240. The average molecular weight is 628 g/mol. The smallest absolute Gasteiger partial charge is 0.191 e. The number of hydrogen-bond acceptors (Lipinski definition) is 2. The maximum Gasteiger partial charge on any atom is 0.394 e. The molecule has 226 valence electrons. The zero-order valence-electron chi connectivity index (χ0n) is 16.0. The summed E-state index contributed by atoms with van der Waals surface area (Å²) in [5.74, 6) is -50.3. The predicted molar refractivity (Wildman–Crippen MR) is 63.0 cm³/mol. The van der Waals surface area contributed by atoms with Gasteiger partial charge in [0, 0.05) is 0 Å². The van der Waals surface area contributed by atoms with Crippen LogP contribution in [0.4, 0.5) is 105 Å². The van der Waals surface area contributed by atoms with Crippen LogP contribution in [0.2, 0.25) is 0 Å². The molecule has 0 saturated carbocycles. The molecule has 2 aliphatic rings. The summed E-state index contributed by atoms with van der Waals surface area (Å²) in [6, 6.07) is -50.5. The molecule has 2 nitrogen and oxygen atoms in total. The Morgan fingerprint density at radius 1 is 0.289 bits per heavy atom. The second-order valence-corrected chi connectivity index (χ2v) is 7.36. The summed E-state index contributed by atoms with van der Waals surface area (Å²) in [6.45, 7) is 0. The number of rotatable bonds is 5. The van der Waals surface area contributed by atoms with Gasteiger partial charge in [0.15, 0.2) is 0 Å². The largest absolute Gasteiger partial charge is 0.394 e. The molecule has 0 N–H and O–H groups in total. The van der Waals surface area contributed by atoms with Gasteiger partial charge in [-0.25, -0.2) is 0 Å². The van der Waals surface area contributed by atoms with Crippen LogP contribution in [0.15, 0.2) is 0 Å². The number of hydrogen-bond donors (Lipinski definition) is 0. The molecule has 26 heteroatoms. The molecule has 2 saturated heterocycles. The van der Waals surface area contributed by atoms with Crippen molar-refractivity contribution in [3.63, 3.8) is 0 Å². The molecule has 0 radical (unpaired) electrons. The molecule has 0 unspecified atom stereocenters. The monoisotopic (exact) mass is 628 g/mol. The average Bonchev–Trinajstić information content (AvgIpc) is 2.76. The maximum atomic E-state index is 13.8. The van der Waals surface area contributed by atoms with Crippen LogP contribution in [0.25, 0.3) is 0 Å². The van der Waals surface area contributed by atoms with Gasteiger partial charge in [-0.3, -0.25) is 0 Å². The van der Waals surface area contributed by atoms with Crippen molar-refractivity contribution in [2.24, 2.45) is 0 Å². The zero-order valence-corrected chi connectivity index (χ0v) is 16.0. The summed E-state index contributed by atoms with van der Waals surface area (Å²) in [7, 11) is 0. The molecule has 2 heterocycles. The van der Waals surface area contributed by atoms with Gasteiger partial charge in [0.1, 0.15) is 0 Å². The van der Waals surface area contributed by atoms with Crippen molar-refractivity contribution in [3.05, 3.63) is 0 Å². The molecule has 0 amide bonds. The summed E-state index contributed by atoms with van der Waals surface area (Å²) in [5.41, 5.74) is 0. The van der Waals surface area contributed by atoms with Crippen LogP contribution in [-0.4, -0.2) is 81.6 Å². The third-order valence-electron chi connectivity index (χ3n) is 5.13. The van der Waals surface area contributed by atoms with Crippen molar-refractivity contribution in [2.45, 2.75) is 71.8 Å².